The van der Waals surface area contributed by atoms with Crippen LogP contribution in [0.15, 0.2) is 36.5 Å². The number of nitrogen functional groups attached to an aromatic ring is 1. The van der Waals surface area contributed by atoms with Crippen molar-refractivity contribution in [2.45, 2.75) is 6.61 Å². The lowest BCUT2D eigenvalue weighted by molar-refractivity contribution is -0.385. The number of hydrogen-bond donors (Lipinski definition) is 1. The van der Waals surface area contributed by atoms with Crippen LogP contribution in [0.1, 0.15) is 5.69 Å². The third-order valence-corrected chi connectivity index (χ3v) is 2.57. The molecule has 0 bridgehead atoms. The fourth-order valence-corrected chi connectivity index (χ4v) is 1.65. The summed E-state index contributed by atoms with van der Waals surface area (Å²) in [7, 11) is 0. The number of hydrogen-bond acceptors (Lipinski definition) is 5. The van der Waals surface area contributed by atoms with Gasteiger partial charge in [-0.05, 0) is 24.3 Å². The highest BCUT2D eigenvalue weighted by Crippen LogP contribution is 2.30. The number of aromatic nitrogens is 1. The van der Waals surface area contributed by atoms with E-state index in [1.807, 2.05) is 0 Å². The molecule has 1 heterocycles. The summed E-state index contributed by atoms with van der Waals surface area (Å²) < 4.78 is 5.38. The van der Waals surface area contributed by atoms with E-state index >= 15 is 0 Å². The van der Waals surface area contributed by atoms with E-state index in [1.165, 1.54) is 18.2 Å². The van der Waals surface area contributed by atoms with Crippen molar-refractivity contribution in [1.82, 2.24) is 4.98 Å². The Bertz CT molecular complexity index is 619. The van der Waals surface area contributed by atoms with Gasteiger partial charge in [0.05, 0.1) is 10.6 Å². The Kier molecular flexibility index (Phi) is 3.82. The van der Waals surface area contributed by atoms with Crippen molar-refractivity contribution in [2.75, 3.05) is 5.73 Å². The molecule has 1 aromatic heterocycles. The molecule has 0 radical (unpaired) electrons. The number of rotatable bonds is 4. The topological polar surface area (TPSA) is 91.3 Å². The van der Waals surface area contributed by atoms with Crippen molar-refractivity contribution in [3.63, 3.8) is 0 Å². The van der Waals surface area contributed by atoms with Crippen molar-refractivity contribution in [2.24, 2.45) is 0 Å². The number of nitrogens with zero attached hydrogens (tertiary/aromatic N) is 2. The lowest BCUT2D eigenvalue weighted by Gasteiger charge is -2.07. The lowest BCUT2D eigenvalue weighted by atomic mass is 10.3. The first-order valence-electron chi connectivity index (χ1n) is 5.33. The van der Waals surface area contributed by atoms with E-state index in [9.17, 15) is 10.1 Å². The van der Waals surface area contributed by atoms with Gasteiger partial charge in [-0.2, -0.15) is 0 Å². The Hall–Kier alpha value is -2.34. The average Bonchev–Trinajstić information content (AvgIpc) is 2.37. The Morgan fingerprint density at radius 1 is 1.37 bits per heavy atom. The first-order valence-corrected chi connectivity index (χ1v) is 5.71. The van der Waals surface area contributed by atoms with Crippen LogP contribution in [0.5, 0.6) is 5.75 Å². The van der Waals surface area contributed by atoms with Crippen LogP contribution < -0.4 is 10.5 Å². The number of nitrogens with two attached hydrogens (primary N) is 1. The van der Waals surface area contributed by atoms with E-state index in [0.29, 0.717) is 11.4 Å². The molecule has 0 saturated heterocycles. The summed E-state index contributed by atoms with van der Waals surface area (Å²) in [5, 5.41) is 11.1. The van der Waals surface area contributed by atoms with Crippen LogP contribution in [0.2, 0.25) is 5.02 Å². The van der Waals surface area contributed by atoms with Gasteiger partial charge in [0.15, 0.2) is 5.75 Å². The van der Waals surface area contributed by atoms with Crippen LogP contribution >= 0.6 is 11.6 Å². The summed E-state index contributed by atoms with van der Waals surface area (Å²) in [6.45, 7) is 0.0908. The minimum Gasteiger partial charge on any atom is -0.480 e. The molecule has 6 nitrogen and oxygen atoms in total. The highest BCUT2D eigenvalue weighted by Gasteiger charge is 2.15. The van der Waals surface area contributed by atoms with E-state index in [4.69, 9.17) is 22.1 Å². The molecule has 0 amide bonds. The lowest BCUT2D eigenvalue weighted by Crippen LogP contribution is -2.01. The van der Waals surface area contributed by atoms with Gasteiger partial charge in [-0.1, -0.05) is 11.6 Å². The minimum absolute atomic E-state index is 0.0908. The molecule has 0 spiro atoms. The van der Waals surface area contributed by atoms with Gasteiger partial charge in [0.25, 0.3) is 0 Å². The summed E-state index contributed by atoms with van der Waals surface area (Å²) in [5.41, 5.74) is 6.56. The Balaban J connectivity index is 2.17. The van der Waals surface area contributed by atoms with Gasteiger partial charge in [0, 0.05) is 23.0 Å². The van der Waals surface area contributed by atoms with Crippen molar-refractivity contribution < 1.29 is 9.66 Å². The number of halogens is 1. The van der Waals surface area contributed by atoms with Crippen LogP contribution in [-0.2, 0) is 6.61 Å². The molecular weight excluding hydrogens is 270 g/mol. The molecular formula is C12H10ClN3O3. The van der Waals surface area contributed by atoms with Crippen LogP contribution in [0.25, 0.3) is 0 Å². The summed E-state index contributed by atoms with van der Waals surface area (Å²) >= 11 is 5.71. The van der Waals surface area contributed by atoms with E-state index in [0.717, 1.165) is 0 Å². The monoisotopic (exact) mass is 279 g/mol. The number of anilines is 1. The maximum Gasteiger partial charge on any atom is 0.312 e. The molecule has 0 aliphatic carbocycles. The van der Waals surface area contributed by atoms with Crippen LogP contribution in [0, 0.1) is 10.1 Å². The first-order chi connectivity index (χ1) is 9.06. The van der Waals surface area contributed by atoms with E-state index in [-0.39, 0.29) is 23.1 Å². The third kappa shape index (κ3) is 3.32. The second kappa shape index (κ2) is 5.53. The van der Waals surface area contributed by atoms with Crippen molar-refractivity contribution in [3.8, 4) is 5.75 Å². The summed E-state index contributed by atoms with van der Waals surface area (Å²) in [4.78, 5) is 14.4. The fourth-order valence-electron chi connectivity index (χ4n) is 1.48. The number of pyridine rings is 1. The van der Waals surface area contributed by atoms with Gasteiger partial charge >= 0.3 is 5.69 Å². The predicted molar refractivity (Wildman–Crippen MR) is 71.1 cm³/mol. The number of ether oxygens (including phenoxy) is 1. The van der Waals surface area contributed by atoms with E-state index < -0.39 is 4.92 Å². The van der Waals surface area contributed by atoms with Crippen LogP contribution in [0.3, 0.4) is 0 Å². The van der Waals surface area contributed by atoms with Gasteiger partial charge in [-0.25, -0.2) is 0 Å². The zero-order valence-corrected chi connectivity index (χ0v) is 10.5. The van der Waals surface area contributed by atoms with Gasteiger partial charge < -0.3 is 10.5 Å². The molecule has 19 heavy (non-hydrogen) atoms. The molecule has 0 unspecified atom stereocenters. The third-order valence-electron chi connectivity index (χ3n) is 2.33. The molecule has 1 aromatic carbocycles. The maximum atomic E-state index is 10.9. The molecule has 2 N–H and O–H groups in total. The molecule has 98 valence electrons. The summed E-state index contributed by atoms with van der Waals surface area (Å²) in [6, 6.07) is 7.50. The number of nitro benzene ring substituents is 1. The van der Waals surface area contributed by atoms with Crippen LogP contribution in [-0.4, -0.2) is 9.91 Å². The molecule has 0 aliphatic rings. The standard InChI is InChI=1S/C12H10ClN3O3/c13-8-1-2-12(11(5-8)16(17)18)19-7-10-6-9(14)3-4-15-10/h1-6H,7H2,(H2,14,15). The number of nitro groups is 1. The Labute approximate surface area is 113 Å². The predicted octanol–water partition coefficient (Wildman–Crippen LogP) is 2.80. The molecule has 0 fully saturated rings. The highest BCUT2D eigenvalue weighted by atomic mass is 35.5. The minimum atomic E-state index is -0.548. The fraction of sp³-hybridized carbons (Fsp3) is 0.0833. The van der Waals surface area contributed by atoms with Gasteiger partial charge in [-0.15, -0.1) is 0 Å². The zero-order chi connectivity index (χ0) is 13.8. The average molecular weight is 280 g/mol. The largest absolute Gasteiger partial charge is 0.480 e. The molecule has 0 atom stereocenters. The summed E-state index contributed by atoms with van der Waals surface area (Å²) in [6.07, 6.45) is 1.55. The molecule has 0 aliphatic heterocycles. The molecule has 0 saturated carbocycles. The number of benzene rings is 1. The van der Waals surface area contributed by atoms with E-state index in [1.54, 1.807) is 18.3 Å². The normalized spacial score (nSPS) is 10.2. The van der Waals surface area contributed by atoms with Crippen molar-refractivity contribution in [1.29, 1.82) is 0 Å². The molecule has 2 aromatic rings. The van der Waals surface area contributed by atoms with Crippen molar-refractivity contribution >= 4 is 23.0 Å². The van der Waals surface area contributed by atoms with Crippen molar-refractivity contribution in [3.05, 3.63) is 57.4 Å². The Morgan fingerprint density at radius 2 is 2.16 bits per heavy atom. The van der Waals surface area contributed by atoms with E-state index in [2.05, 4.69) is 4.98 Å². The smallest absolute Gasteiger partial charge is 0.312 e. The summed E-state index contributed by atoms with van der Waals surface area (Å²) in [5.74, 6) is 0.138. The molecule has 7 heteroatoms. The maximum absolute atomic E-state index is 10.9. The highest BCUT2D eigenvalue weighted by molar-refractivity contribution is 6.30. The van der Waals surface area contributed by atoms with Gasteiger partial charge in [-0.3, -0.25) is 15.1 Å². The second-order valence-corrected chi connectivity index (χ2v) is 4.17. The first kappa shape index (κ1) is 13.1. The van der Waals surface area contributed by atoms with Crippen LogP contribution in [0.4, 0.5) is 11.4 Å². The second-order valence-electron chi connectivity index (χ2n) is 3.74. The quantitative estimate of drug-likeness (QED) is 0.686. The molecule has 2 rings (SSSR count). The van der Waals surface area contributed by atoms with Gasteiger partial charge in [0.1, 0.15) is 6.61 Å². The van der Waals surface area contributed by atoms with Gasteiger partial charge in [0.2, 0.25) is 0 Å². The zero-order valence-electron chi connectivity index (χ0n) is 9.75. The Morgan fingerprint density at radius 3 is 2.84 bits per heavy atom. The SMILES string of the molecule is Nc1ccnc(COc2ccc(Cl)cc2[N+](=O)[O-])c1.